The average Bonchev–Trinajstić information content (AvgIpc) is 2.26. The van der Waals surface area contributed by atoms with Crippen LogP contribution in [0.4, 0.5) is 0 Å². The van der Waals surface area contributed by atoms with Crippen LogP contribution in [0.15, 0.2) is 6.20 Å². The second kappa shape index (κ2) is 5.22. The summed E-state index contributed by atoms with van der Waals surface area (Å²) in [6.07, 6.45) is -1.40. The molecule has 15 heavy (non-hydrogen) atoms. The summed E-state index contributed by atoms with van der Waals surface area (Å²) in [5, 5.41) is 27.4. The molecule has 1 aromatic heterocycles. The van der Waals surface area contributed by atoms with E-state index in [9.17, 15) is 10.2 Å². The lowest BCUT2D eigenvalue weighted by Crippen LogP contribution is -2.23. The van der Waals surface area contributed by atoms with Crippen molar-refractivity contribution in [2.75, 3.05) is 13.7 Å². The van der Waals surface area contributed by atoms with Crippen molar-refractivity contribution in [3.05, 3.63) is 17.0 Å². The molecule has 0 radical (unpaired) electrons. The zero-order chi connectivity index (χ0) is 11.4. The fourth-order valence-electron chi connectivity index (χ4n) is 1.03. The largest absolute Gasteiger partial charge is 0.481 e. The van der Waals surface area contributed by atoms with Crippen LogP contribution in [0.25, 0.3) is 0 Å². The van der Waals surface area contributed by atoms with Gasteiger partial charge in [-0.3, -0.25) is 0 Å². The van der Waals surface area contributed by atoms with Crippen LogP contribution in [0.1, 0.15) is 11.7 Å². The molecule has 0 aliphatic heterocycles. The van der Waals surface area contributed by atoms with E-state index >= 15 is 0 Å². The maximum absolute atomic E-state index is 9.58. The predicted molar refractivity (Wildman–Crippen MR) is 51.6 cm³/mol. The summed E-state index contributed by atoms with van der Waals surface area (Å²) in [6.45, 7) is -0.576. The van der Waals surface area contributed by atoms with Crippen LogP contribution in [-0.2, 0) is 0 Å². The third-order valence-electron chi connectivity index (χ3n) is 1.81. The number of hydrogen-bond acceptors (Lipinski definition) is 6. The van der Waals surface area contributed by atoms with Crippen LogP contribution in [0.3, 0.4) is 0 Å². The number of aliphatic hydroxyl groups excluding tert-OH is 3. The minimum absolute atomic E-state index is 0.0266. The number of rotatable bonds is 4. The SMILES string of the molecule is COc1nc(Cl)ncc1C(O)C(O)CO. The molecule has 2 atom stereocenters. The molecule has 0 aromatic carbocycles. The smallest absolute Gasteiger partial charge is 0.225 e. The molecule has 6 nitrogen and oxygen atoms in total. The Morgan fingerprint density at radius 1 is 1.53 bits per heavy atom. The summed E-state index contributed by atoms with van der Waals surface area (Å²) >= 11 is 5.52. The van der Waals surface area contributed by atoms with Crippen LogP contribution in [0.2, 0.25) is 5.28 Å². The zero-order valence-electron chi connectivity index (χ0n) is 7.96. The summed E-state index contributed by atoms with van der Waals surface area (Å²) in [7, 11) is 1.35. The van der Waals surface area contributed by atoms with Crippen molar-refractivity contribution in [2.45, 2.75) is 12.2 Å². The van der Waals surface area contributed by atoms with E-state index in [0.717, 1.165) is 0 Å². The number of hydrogen-bond donors (Lipinski definition) is 3. The van der Waals surface area contributed by atoms with Gasteiger partial charge in [-0.25, -0.2) is 4.98 Å². The molecule has 0 spiro atoms. The number of halogens is 1. The monoisotopic (exact) mass is 234 g/mol. The van der Waals surface area contributed by atoms with Crippen molar-refractivity contribution >= 4 is 11.6 Å². The fourth-order valence-corrected chi connectivity index (χ4v) is 1.15. The van der Waals surface area contributed by atoms with Gasteiger partial charge in [0.25, 0.3) is 0 Å². The van der Waals surface area contributed by atoms with E-state index in [1.165, 1.54) is 13.3 Å². The molecular formula is C8H11ClN2O4. The molecule has 0 saturated carbocycles. The van der Waals surface area contributed by atoms with Gasteiger partial charge in [0, 0.05) is 6.20 Å². The first-order chi connectivity index (χ1) is 7.10. The van der Waals surface area contributed by atoms with Gasteiger partial charge in [0.2, 0.25) is 11.2 Å². The standard InChI is InChI=1S/C8H11ClN2O4/c1-15-7-4(2-10-8(9)11-7)6(14)5(13)3-12/h2,5-6,12-14H,3H2,1H3. The van der Waals surface area contributed by atoms with Crippen molar-refractivity contribution in [1.82, 2.24) is 9.97 Å². The highest BCUT2D eigenvalue weighted by molar-refractivity contribution is 6.28. The van der Waals surface area contributed by atoms with E-state index in [0.29, 0.717) is 0 Å². The van der Waals surface area contributed by atoms with Gasteiger partial charge in [0.15, 0.2) is 0 Å². The van der Waals surface area contributed by atoms with E-state index in [-0.39, 0.29) is 16.7 Å². The third kappa shape index (κ3) is 2.75. The Morgan fingerprint density at radius 2 is 2.20 bits per heavy atom. The van der Waals surface area contributed by atoms with Crippen molar-refractivity contribution in [2.24, 2.45) is 0 Å². The van der Waals surface area contributed by atoms with Gasteiger partial charge in [-0.1, -0.05) is 0 Å². The molecule has 7 heteroatoms. The van der Waals surface area contributed by atoms with Crippen LogP contribution in [0.5, 0.6) is 5.88 Å². The first-order valence-electron chi connectivity index (χ1n) is 4.13. The molecule has 1 heterocycles. The van der Waals surface area contributed by atoms with Gasteiger partial charge in [-0.05, 0) is 11.6 Å². The highest BCUT2D eigenvalue weighted by Gasteiger charge is 2.22. The van der Waals surface area contributed by atoms with Gasteiger partial charge in [-0.15, -0.1) is 0 Å². The maximum Gasteiger partial charge on any atom is 0.225 e. The molecule has 0 aliphatic carbocycles. The van der Waals surface area contributed by atoms with Crippen LogP contribution in [-0.4, -0.2) is 45.1 Å². The van der Waals surface area contributed by atoms with E-state index in [1.807, 2.05) is 0 Å². The minimum Gasteiger partial charge on any atom is -0.481 e. The Bertz CT molecular complexity index is 336. The fraction of sp³-hybridized carbons (Fsp3) is 0.500. The second-order valence-corrected chi connectivity index (χ2v) is 3.14. The molecular weight excluding hydrogens is 224 g/mol. The topological polar surface area (TPSA) is 95.7 Å². The normalized spacial score (nSPS) is 14.7. The van der Waals surface area contributed by atoms with E-state index in [1.54, 1.807) is 0 Å². The lowest BCUT2D eigenvalue weighted by Gasteiger charge is -2.17. The number of nitrogens with zero attached hydrogens (tertiary/aromatic N) is 2. The van der Waals surface area contributed by atoms with Gasteiger partial charge >= 0.3 is 0 Å². The summed E-state index contributed by atoms with van der Waals surface area (Å²) in [4.78, 5) is 7.36. The summed E-state index contributed by atoms with van der Waals surface area (Å²) in [5.41, 5.74) is 0.170. The third-order valence-corrected chi connectivity index (χ3v) is 2.00. The highest BCUT2D eigenvalue weighted by atomic mass is 35.5. The first-order valence-corrected chi connectivity index (χ1v) is 4.51. The van der Waals surface area contributed by atoms with E-state index < -0.39 is 18.8 Å². The highest BCUT2D eigenvalue weighted by Crippen LogP contribution is 2.25. The molecule has 2 unspecified atom stereocenters. The number of ether oxygens (including phenoxy) is 1. The lowest BCUT2D eigenvalue weighted by atomic mass is 10.1. The summed E-state index contributed by atoms with van der Waals surface area (Å²) in [6, 6.07) is 0. The minimum atomic E-state index is -1.32. The van der Waals surface area contributed by atoms with Gasteiger partial charge in [-0.2, -0.15) is 4.98 Å². The second-order valence-electron chi connectivity index (χ2n) is 2.80. The molecule has 0 bridgehead atoms. The van der Waals surface area contributed by atoms with Gasteiger partial charge in [0.05, 0.1) is 19.3 Å². The van der Waals surface area contributed by atoms with Crippen LogP contribution < -0.4 is 4.74 Å². The Kier molecular flexibility index (Phi) is 4.22. The first kappa shape index (κ1) is 12.1. The molecule has 0 saturated heterocycles. The lowest BCUT2D eigenvalue weighted by molar-refractivity contribution is -0.0166. The van der Waals surface area contributed by atoms with Crippen molar-refractivity contribution < 1.29 is 20.1 Å². The van der Waals surface area contributed by atoms with E-state index in [4.69, 9.17) is 21.4 Å². The van der Waals surface area contributed by atoms with Crippen molar-refractivity contribution in [3.63, 3.8) is 0 Å². The Morgan fingerprint density at radius 3 is 2.73 bits per heavy atom. The van der Waals surface area contributed by atoms with Gasteiger partial charge < -0.3 is 20.1 Å². The number of methoxy groups -OCH3 is 1. The van der Waals surface area contributed by atoms with Crippen molar-refractivity contribution in [1.29, 1.82) is 0 Å². The summed E-state index contributed by atoms with van der Waals surface area (Å²) in [5.74, 6) is 0.0648. The van der Waals surface area contributed by atoms with Crippen LogP contribution in [0, 0.1) is 0 Å². The molecule has 0 amide bonds. The summed E-state index contributed by atoms with van der Waals surface area (Å²) < 4.78 is 4.85. The Labute approximate surface area is 91.1 Å². The quantitative estimate of drug-likeness (QED) is 0.610. The molecule has 0 aliphatic rings. The van der Waals surface area contributed by atoms with E-state index in [2.05, 4.69) is 9.97 Å². The molecule has 84 valence electrons. The Hall–Kier alpha value is -0.950. The average molecular weight is 235 g/mol. The molecule has 1 rings (SSSR count). The molecule has 3 N–H and O–H groups in total. The van der Waals surface area contributed by atoms with Gasteiger partial charge in [0.1, 0.15) is 12.2 Å². The zero-order valence-corrected chi connectivity index (χ0v) is 8.72. The Balaban J connectivity index is 3.02. The van der Waals surface area contributed by atoms with Crippen molar-refractivity contribution in [3.8, 4) is 5.88 Å². The number of aliphatic hydroxyl groups is 3. The molecule has 0 fully saturated rings. The maximum atomic E-state index is 9.58. The number of aromatic nitrogens is 2. The van der Waals surface area contributed by atoms with Crippen LogP contribution >= 0.6 is 11.6 Å². The predicted octanol–water partition coefficient (Wildman–Crippen LogP) is -0.475. The molecule has 1 aromatic rings.